The largest absolute Gasteiger partial charge is 0.331 e. The Morgan fingerprint density at radius 3 is 2.63 bits per heavy atom. The van der Waals surface area contributed by atoms with Gasteiger partial charge < -0.3 is 4.57 Å². The molecule has 0 bridgehead atoms. The molecule has 1 atom stereocenters. The van der Waals surface area contributed by atoms with E-state index in [1.807, 2.05) is 40.9 Å². The number of aromatic nitrogens is 3. The summed E-state index contributed by atoms with van der Waals surface area (Å²) in [5.74, 6) is 0.646. The Bertz CT molecular complexity index is 1900. The van der Waals surface area contributed by atoms with E-state index >= 15 is 0 Å². The lowest BCUT2D eigenvalue weighted by Gasteiger charge is -2.16. The van der Waals surface area contributed by atoms with Crippen molar-refractivity contribution >= 4 is 82.0 Å². The average molecular weight is 552 g/mol. The van der Waals surface area contributed by atoms with Gasteiger partial charge in [0.2, 0.25) is 0 Å². The minimum Gasteiger partial charge on any atom is -0.331 e. The highest BCUT2D eigenvalue weighted by atomic mass is 32.1. The first-order valence-electron chi connectivity index (χ1n) is 12.9. The third-order valence-electron chi connectivity index (χ3n) is 7.28. The van der Waals surface area contributed by atoms with Gasteiger partial charge in [0, 0.05) is 38.0 Å². The van der Waals surface area contributed by atoms with Gasteiger partial charge in [-0.15, -0.1) is 22.7 Å². The minimum atomic E-state index is 0.0589. The van der Waals surface area contributed by atoms with E-state index in [1.54, 1.807) is 6.08 Å². The van der Waals surface area contributed by atoms with Gasteiger partial charge in [-0.25, -0.2) is 0 Å². The molecule has 5 nitrogen and oxygen atoms in total. The van der Waals surface area contributed by atoms with Crippen molar-refractivity contribution in [3.63, 3.8) is 0 Å². The number of benzene rings is 2. The van der Waals surface area contributed by atoms with Crippen molar-refractivity contribution in [2.45, 2.75) is 46.1 Å². The molecule has 0 aliphatic heterocycles. The number of hydrogen-bond acceptors (Lipinski definition) is 7. The number of hydrogen-bond donors (Lipinski definition) is 0. The topological polar surface area (TPSA) is 78.3 Å². The molecule has 6 rings (SSSR count). The Morgan fingerprint density at radius 1 is 1.03 bits per heavy atom. The first-order valence-corrected chi connectivity index (χ1v) is 15.2. The van der Waals surface area contributed by atoms with E-state index in [1.165, 1.54) is 61.1 Å². The van der Waals surface area contributed by atoms with Crippen LogP contribution in [0.25, 0.3) is 58.1 Å². The zero-order chi connectivity index (χ0) is 26.2. The molecule has 0 spiro atoms. The number of rotatable bonds is 8. The van der Waals surface area contributed by atoms with Crippen LogP contribution in [0.4, 0.5) is 0 Å². The summed E-state index contributed by atoms with van der Waals surface area (Å²) in [7, 11) is 0. The van der Waals surface area contributed by atoms with E-state index in [0.29, 0.717) is 5.92 Å². The summed E-state index contributed by atoms with van der Waals surface area (Å²) in [4.78, 5) is 2.48. The van der Waals surface area contributed by atoms with Crippen LogP contribution in [0.15, 0.2) is 48.0 Å². The maximum atomic E-state index is 9.22. The van der Waals surface area contributed by atoms with Crippen molar-refractivity contribution in [2.24, 2.45) is 5.92 Å². The molecule has 8 heteroatoms. The number of nitriles is 2. The SMILES string of the molecule is CCCCC(CC)Cn1c2sc(-c3ccc(C=C(C#N)C#N)c4nsnc34)cc2c2sc3ccccc3c21. The van der Waals surface area contributed by atoms with Crippen LogP contribution in [0.5, 0.6) is 0 Å². The molecule has 0 aliphatic rings. The van der Waals surface area contributed by atoms with Gasteiger partial charge in [0.15, 0.2) is 0 Å². The van der Waals surface area contributed by atoms with Crippen LogP contribution in [0.2, 0.25) is 0 Å². The van der Waals surface area contributed by atoms with E-state index in [0.717, 1.165) is 40.4 Å². The minimum absolute atomic E-state index is 0.0589. The zero-order valence-electron chi connectivity index (χ0n) is 21.2. The molecule has 0 N–H and O–H groups in total. The molecule has 0 aliphatic carbocycles. The summed E-state index contributed by atoms with van der Waals surface area (Å²) in [6, 6.07) is 19.0. The fourth-order valence-electron chi connectivity index (χ4n) is 5.26. The fraction of sp³-hybridized carbons (Fsp3) is 0.267. The molecule has 4 aromatic heterocycles. The predicted octanol–water partition coefficient (Wildman–Crippen LogP) is 9.39. The number of fused-ring (bicyclic) bond motifs is 6. The Hall–Kier alpha value is -3.56. The van der Waals surface area contributed by atoms with Gasteiger partial charge in [-0.1, -0.05) is 63.4 Å². The van der Waals surface area contributed by atoms with E-state index < -0.39 is 0 Å². The summed E-state index contributed by atoms with van der Waals surface area (Å²) in [5, 5.41) is 21.1. The molecule has 6 aromatic rings. The molecule has 1 unspecified atom stereocenters. The standard InChI is InChI=1S/C30H25N5S3/c1-3-5-8-18(4-2)17-35-28-22-9-6-7-10-24(22)36-29(28)23-14-25(37-30(23)35)21-12-11-20(13-19(15-31)16-32)26-27(21)34-38-33-26/h6-7,9-14,18H,3-5,8,17H2,1-2H3. The summed E-state index contributed by atoms with van der Waals surface area (Å²) in [5.41, 5.74) is 4.76. The lowest BCUT2D eigenvalue weighted by molar-refractivity contribution is 0.402. The van der Waals surface area contributed by atoms with Gasteiger partial charge >= 0.3 is 0 Å². The lowest BCUT2D eigenvalue weighted by Crippen LogP contribution is -2.09. The van der Waals surface area contributed by atoms with Crippen LogP contribution in [0.3, 0.4) is 0 Å². The molecule has 38 heavy (non-hydrogen) atoms. The summed E-state index contributed by atoms with van der Waals surface area (Å²) in [6.45, 7) is 5.61. The highest BCUT2D eigenvalue weighted by Gasteiger charge is 2.22. The van der Waals surface area contributed by atoms with E-state index in [2.05, 4.69) is 63.6 Å². The molecule has 0 saturated carbocycles. The molecule has 2 aromatic carbocycles. The molecule has 0 radical (unpaired) electrons. The molecule has 0 amide bonds. The first-order chi connectivity index (χ1) is 18.7. The van der Waals surface area contributed by atoms with Crippen molar-refractivity contribution in [3.8, 4) is 22.6 Å². The third kappa shape index (κ3) is 4.10. The lowest BCUT2D eigenvalue weighted by atomic mass is 9.99. The van der Waals surface area contributed by atoms with Gasteiger partial charge in [-0.2, -0.15) is 19.3 Å². The maximum Gasteiger partial charge on any atom is 0.130 e. The van der Waals surface area contributed by atoms with Crippen molar-refractivity contribution in [1.29, 1.82) is 10.5 Å². The predicted molar refractivity (Wildman–Crippen MR) is 162 cm³/mol. The molecule has 4 heterocycles. The van der Waals surface area contributed by atoms with Gasteiger partial charge in [0.1, 0.15) is 33.6 Å². The summed E-state index contributed by atoms with van der Waals surface area (Å²) >= 11 is 4.87. The maximum absolute atomic E-state index is 9.22. The molecule has 0 saturated heterocycles. The number of nitrogens with zero attached hydrogens (tertiary/aromatic N) is 5. The second-order valence-electron chi connectivity index (χ2n) is 9.58. The zero-order valence-corrected chi connectivity index (χ0v) is 23.6. The Morgan fingerprint density at radius 2 is 1.84 bits per heavy atom. The number of thiophene rings is 2. The number of allylic oxidation sites excluding steroid dienone is 1. The first kappa shape index (κ1) is 24.8. The van der Waals surface area contributed by atoms with E-state index in [9.17, 15) is 10.5 Å². The molecule has 0 fully saturated rings. The number of unbranched alkanes of at least 4 members (excludes halogenated alkanes) is 1. The summed E-state index contributed by atoms with van der Waals surface area (Å²) < 4.78 is 14.4. The Balaban J connectivity index is 1.54. The normalized spacial score (nSPS) is 12.3. The van der Waals surface area contributed by atoms with Crippen LogP contribution in [-0.2, 0) is 6.54 Å². The van der Waals surface area contributed by atoms with Crippen molar-refractivity contribution in [3.05, 3.63) is 53.6 Å². The fourth-order valence-corrected chi connectivity index (χ4v) is 8.33. The second-order valence-corrected chi connectivity index (χ2v) is 12.2. The quantitative estimate of drug-likeness (QED) is 0.177. The smallest absolute Gasteiger partial charge is 0.130 e. The van der Waals surface area contributed by atoms with Crippen LogP contribution >= 0.6 is 34.4 Å². The molecular weight excluding hydrogens is 527 g/mol. The van der Waals surface area contributed by atoms with Crippen LogP contribution in [-0.4, -0.2) is 13.3 Å². The second kappa shape index (κ2) is 10.3. The Kier molecular flexibility index (Phi) is 6.71. The van der Waals surface area contributed by atoms with Crippen molar-refractivity contribution in [1.82, 2.24) is 13.3 Å². The summed E-state index contributed by atoms with van der Waals surface area (Å²) in [6.07, 6.45) is 6.51. The van der Waals surface area contributed by atoms with Crippen LogP contribution in [0, 0.1) is 28.6 Å². The van der Waals surface area contributed by atoms with Crippen LogP contribution < -0.4 is 0 Å². The van der Waals surface area contributed by atoms with E-state index in [4.69, 9.17) is 0 Å². The van der Waals surface area contributed by atoms with Gasteiger partial charge in [-0.05, 0) is 30.5 Å². The average Bonchev–Trinajstić information content (AvgIpc) is 3.72. The van der Waals surface area contributed by atoms with Crippen molar-refractivity contribution < 1.29 is 0 Å². The Labute approximate surface area is 233 Å². The molecular formula is C30H25N5S3. The van der Waals surface area contributed by atoms with E-state index in [-0.39, 0.29) is 5.57 Å². The van der Waals surface area contributed by atoms with Gasteiger partial charge in [0.25, 0.3) is 0 Å². The van der Waals surface area contributed by atoms with Gasteiger partial charge in [0.05, 0.1) is 21.9 Å². The van der Waals surface area contributed by atoms with Gasteiger partial charge in [-0.3, -0.25) is 0 Å². The highest BCUT2D eigenvalue weighted by molar-refractivity contribution is 7.28. The monoisotopic (exact) mass is 551 g/mol. The van der Waals surface area contributed by atoms with Crippen LogP contribution in [0.1, 0.15) is 45.1 Å². The molecule has 188 valence electrons. The third-order valence-corrected chi connectivity index (χ3v) is 10.2. The highest BCUT2D eigenvalue weighted by Crippen LogP contribution is 2.47. The van der Waals surface area contributed by atoms with Crippen molar-refractivity contribution in [2.75, 3.05) is 0 Å².